The lowest BCUT2D eigenvalue weighted by Crippen LogP contribution is -2.44. The number of halogens is 1. The molecule has 0 spiro atoms. The molecule has 26 heavy (non-hydrogen) atoms. The summed E-state index contributed by atoms with van der Waals surface area (Å²) in [4.78, 5) is 7.19. The Morgan fingerprint density at radius 1 is 1.23 bits per heavy atom. The van der Waals surface area contributed by atoms with E-state index in [2.05, 4.69) is 51.6 Å². The number of nitrogens with one attached hydrogen (secondary N) is 1. The number of nitrogens with zero attached hydrogens (tertiary/aromatic N) is 5. The van der Waals surface area contributed by atoms with Crippen molar-refractivity contribution in [3.8, 4) is 0 Å². The molecule has 7 heteroatoms. The van der Waals surface area contributed by atoms with Crippen molar-refractivity contribution in [3.05, 3.63) is 47.0 Å². The van der Waals surface area contributed by atoms with Gasteiger partial charge < -0.3 is 14.8 Å². The molecule has 0 bridgehead atoms. The quantitative estimate of drug-likeness (QED) is 0.317. The maximum atomic E-state index is 4.84. The van der Waals surface area contributed by atoms with Crippen LogP contribution in [0.2, 0.25) is 0 Å². The van der Waals surface area contributed by atoms with Crippen LogP contribution in [-0.4, -0.2) is 38.7 Å². The van der Waals surface area contributed by atoms with Crippen LogP contribution >= 0.6 is 24.0 Å². The molecule has 0 amide bonds. The molecule has 0 aliphatic carbocycles. The molecule has 0 saturated carbocycles. The van der Waals surface area contributed by atoms with Gasteiger partial charge in [0.1, 0.15) is 12.4 Å². The van der Waals surface area contributed by atoms with Crippen LogP contribution in [0.15, 0.2) is 29.3 Å². The summed E-state index contributed by atoms with van der Waals surface area (Å²) in [7, 11) is 1.99. The van der Waals surface area contributed by atoms with Crippen molar-refractivity contribution in [1.29, 1.82) is 0 Å². The van der Waals surface area contributed by atoms with Crippen molar-refractivity contribution < 1.29 is 0 Å². The molecular formula is C19H29IN6. The van der Waals surface area contributed by atoms with Crippen LogP contribution < -0.4 is 5.32 Å². The minimum Gasteiger partial charge on any atom is -0.356 e. The van der Waals surface area contributed by atoms with E-state index in [0.717, 1.165) is 50.1 Å². The van der Waals surface area contributed by atoms with E-state index in [1.54, 1.807) is 0 Å². The third-order valence-corrected chi connectivity index (χ3v) is 4.80. The first-order chi connectivity index (χ1) is 12.2. The highest BCUT2D eigenvalue weighted by atomic mass is 127. The third kappa shape index (κ3) is 4.96. The molecule has 1 N–H and O–H groups in total. The Bertz CT molecular complexity index is 739. The van der Waals surface area contributed by atoms with E-state index in [1.807, 2.05) is 18.5 Å². The standard InChI is InChI=1S/C19H28N6.HI/c1-4-5-11-20-19(21-13-18-23-22-15(2)24(18)3)25-12-10-16-8-6-7-9-17(16)14-25;/h6-9H,4-5,10-14H2,1-3H3,(H,20,21);1H. The van der Waals surface area contributed by atoms with Crippen molar-refractivity contribution in [2.75, 3.05) is 13.1 Å². The minimum absolute atomic E-state index is 0. The van der Waals surface area contributed by atoms with Crippen LogP contribution in [0.5, 0.6) is 0 Å². The highest BCUT2D eigenvalue weighted by Crippen LogP contribution is 2.18. The van der Waals surface area contributed by atoms with Gasteiger partial charge in [-0.25, -0.2) is 4.99 Å². The van der Waals surface area contributed by atoms with Gasteiger partial charge in [0, 0.05) is 26.7 Å². The Morgan fingerprint density at radius 2 is 2.00 bits per heavy atom. The zero-order valence-corrected chi connectivity index (χ0v) is 18.2. The zero-order valence-electron chi connectivity index (χ0n) is 15.9. The van der Waals surface area contributed by atoms with Crippen molar-refractivity contribution in [1.82, 2.24) is 25.0 Å². The largest absolute Gasteiger partial charge is 0.356 e. The normalized spacial score (nSPS) is 14.0. The van der Waals surface area contributed by atoms with E-state index in [0.29, 0.717) is 6.54 Å². The van der Waals surface area contributed by atoms with Crippen LogP contribution in [0.4, 0.5) is 0 Å². The van der Waals surface area contributed by atoms with Crippen LogP contribution in [0.1, 0.15) is 42.5 Å². The minimum atomic E-state index is 0. The Morgan fingerprint density at radius 3 is 2.69 bits per heavy atom. The second-order valence-electron chi connectivity index (χ2n) is 6.58. The summed E-state index contributed by atoms with van der Waals surface area (Å²) in [5.41, 5.74) is 2.85. The molecule has 0 saturated heterocycles. The Balaban J connectivity index is 0.00000243. The molecular weight excluding hydrogens is 439 g/mol. The van der Waals surface area contributed by atoms with Gasteiger partial charge in [-0.15, -0.1) is 34.2 Å². The van der Waals surface area contributed by atoms with Gasteiger partial charge in [0.2, 0.25) is 0 Å². The fourth-order valence-electron chi connectivity index (χ4n) is 3.06. The molecule has 0 atom stereocenters. The van der Waals surface area contributed by atoms with E-state index < -0.39 is 0 Å². The zero-order chi connectivity index (χ0) is 17.6. The third-order valence-electron chi connectivity index (χ3n) is 4.80. The number of hydrogen-bond acceptors (Lipinski definition) is 3. The topological polar surface area (TPSA) is 58.3 Å². The Kier molecular flexibility index (Phi) is 7.86. The van der Waals surface area contributed by atoms with E-state index >= 15 is 0 Å². The maximum Gasteiger partial charge on any atom is 0.194 e. The van der Waals surface area contributed by atoms with Crippen LogP contribution in [-0.2, 0) is 26.6 Å². The number of aliphatic imine (C=N–C) groups is 1. The summed E-state index contributed by atoms with van der Waals surface area (Å²) in [6.07, 6.45) is 3.38. The van der Waals surface area contributed by atoms with Crippen LogP contribution in [0.25, 0.3) is 0 Å². The lowest BCUT2D eigenvalue weighted by molar-refractivity contribution is 0.377. The predicted octanol–water partition coefficient (Wildman–Crippen LogP) is 3.05. The number of rotatable bonds is 5. The molecule has 2 heterocycles. The Hall–Kier alpha value is -1.64. The van der Waals surface area contributed by atoms with Gasteiger partial charge in [0.25, 0.3) is 0 Å². The number of aromatic nitrogens is 3. The first kappa shape index (κ1) is 20.7. The van der Waals surface area contributed by atoms with E-state index in [1.165, 1.54) is 17.5 Å². The highest BCUT2D eigenvalue weighted by molar-refractivity contribution is 14.0. The number of hydrogen-bond donors (Lipinski definition) is 1. The molecule has 1 aliphatic rings. The van der Waals surface area contributed by atoms with Gasteiger partial charge in [-0.05, 0) is 30.9 Å². The number of benzene rings is 1. The first-order valence-electron chi connectivity index (χ1n) is 9.14. The molecule has 1 aliphatic heterocycles. The molecule has 142 valence electrons. The SMILES string of the molecule is CCCCNC(=NCc1nnc(C)n1C)N1CCc2ccccc2C1.I. The molecule has 1 aromatic heterocycles. The lowest BCUT2D eigenvalue weighted by atomic mass is 10.0. The predicted molar refractivity (Wildman–Crippen MR) is 116 cm³/mol. The summed E-state index contributed by atoms with van der Waals surface area (Å²) < 4.78 is 2.00. The second-order valence-corrected chi connectivity index (χ2v) is 6.58. The Labute approximate surface area is 173 Å². The van der Waals surface area contributed by atoms with Gasteiger partial charge in [0.15, 0.2) is 11.8 Å². The second kappa shape index (κ2) is 9.89. The van der Waals surface area contributed by atoms with Gasteiger partial charge >= 0.3 is 0 Å². The average molecular weight is 468 g/mol. The van der Waals surface area contributed by atoms with Crippen LogP contribution in [0, 0.1) is 6.92 Å². The summed E-state index contributed by atoms with van der Waals surface area (Å²) in [6, 6.07) is 8.69. The number of aryl methyl sites for hydroxylation is 1. The highest BCUT2D eigenvalue weighted by Gasteiger charge is 2.19. The first-order valence-corrected chi connectivity index (χ1v) is 9.14. The summed E-state index contributed by atoms with van der Waals surface area (Å²) in [5.74, 6) is 2.78. The molecule has 1 aromatic carbocycles. The monoisotopic (exact) mass is 468 g/mol. The smallest absolute Gasteiger partial charge is 0.194 e. The molecule has 0 fully saturated rings. The van der Waals surface area contributed by atoms with E-state index in [4.69, 9.17) is 4.99 Å². The van der Waals surface area contributed by atoms with Crippen LogP contribution in [0.3, 0.4) is 0 Å². The summed E-state index contributed by atoms with van der Waals surface area (Å²) in [5, 5.41) is 11.9. The average Bonchev–Trinajstić information content (AvgIpc) is 2.96. The fourth-order valence-corrected chi connectivity index (χ4v) is 3.06. The van der Waals surface area contributed by atoms with Crippen molar-refractivity contribution in [3.63, 3.8) is 0 Å². The van der Waals surface area contributed by atoms with Crippen molar-refractivity contribution in [2.24, 2.45) is 12.0 Å². The molecule has 6 nitrogen and oxygen atoms in total. The van der Waals surface area contributed by atoms with Gasteiger partial charge in [-0.1, -0.05) is 37.6 Å². The van der Waals surface area contributed by atoms with E-state index in [-0.39, 0.29) is 24.0 Å². The van der Waals surface area contributed by atoms with Gasteiger partial charge in [-0.3, -0.25) is 0 Å². The summed E-state index contributed by atoms with van der Waals surface area (Å²) >= 11 is 0. The molecule has 2 aromatic rings. The number of guanidine groups is 1. The van der Waals surface area contributed by atoms with Gasteiger partial charge in [-0.2, -0.15) is 0 Å². The van der Waals surface area contributed by atoms with E-state index in [9.17, 15) is 0 Å². The molecule has 0 radical (unpaired) electrons. The van der Waals surface area contributed by atoms with Crippen molar-refractivity contribution in [2.45, 2.75) is 46.2 Å². The van der Waals surface area contributed by atoms with Crippen molar-refractivity contribution >= 4 is 29.9 Å². The molecule has 3 rings (SSSR count). The molecule has 0 unspecified atom stereocenters. The van der Waals surface area contributed by atoms with Gasteiger partial charge in [0.05, 0.1) is 0 Å². The number of unbranched alkanes of at least 4 members (excludes halogenated alkanes) is 1. The fraction of sp³-hybridized carbons (Fsp3) is 0.526. The number of fused-ring (bicyclic) bond motifs is 1. The maximum absolute atomic E-state index is 4.84. The lowest BCUT2D eigenvalue weighted by Gasteiger charge is -2.32. The summed E-state index contributed by atoms with van der Waals surface area (Å²) in [6.45, 7) is 7.56.